The highest BCUT2D eigenvalue weighted by Crippen LogP contribution is 2.17. The highest BCUT2D eigenvalue weighted by atomic mass is 16.5. The van der Waals surface area contributed by atoms with E-state index in [4.69, 9.17) is 9.47 Å². The minimum Gasteiger partial charge on any atom is -0.484 e. The first-order chi connectivity index (χ1) is 8.70. The van der Waals surface area contributed by atoms with E-state index in [0.717, 1.165) is 24.3 Å². The summed E-state index contributed by atoms with van der Waals surface area (Å²) < 4.78 is 10.8. The molecule has 1 aromatic carbocycles. The lowest BCUT2D eigenvalue weighted by molar-refractivity contribution is -0.132. The lowest BCUT2D eigenvalue weighted by atomic mass is 10.2. The van der Waals surface area contributed by atoms with Crippen molar-refractivity contribution in [3.8, 4) is 5.75 Å². The Kier molecular flexibility index (Phi) is 4.20. The summed E-state index contributed by atoms with van der Waals surface area (Å²) in [5.41, 5.74) is 1.04. The van der Waals surface area contributed by atoms with Gasteiger partial charge < -0.3 is 14.4 Å². The summed E-state index contributed by atoms with van der Waals surface area (Å²) in [6.45, 7) is 3.50. The fraction of sp³-hybridized carbons (Fsp3) is 0.500. The Morgan fingerprint density at radius 3 is 2.89 bits per heavy atom. The molecule has 0 aliphatic carbocycles. The van der Waals surface area contributed by atoms with Gasteiger partial charge in [0, 0.05) is 20.2 Å². The van der Waals surface area contributed by atoms with Gasteiger partial charge >= 0.3 is 0 Å². The van der Waals surface area contributed by atoms with Gasteiger partial charge in [0.25, 0.3) is 5.91 Å². The van der Waals surface area contributed by atoms with E-state index < -0.39 is 0 Å². The van der Waals surface area contributed by atoms with Crippen LogP contribution in [0.15, 0.2) is 24.3 Å². The fourth-order valence-electron chi connectivity index (χ4n) is 2.10. The number of hydrogen-bond donors (Lipinski definition) is 0. The van der Waals surface area contributed by atoms with Crippen LogP contribution in [0.4, 0.5) is 0 Å². The van der Waals surface area contributed by atoms with Gasteiger partial charge in [-0.25, -0.2) is 0 Å². The average molecular weight is 249 g/mol. The second-order valence-corrected chi connectivity index (χ2v) is 4.54. The van der Waals surface area contributed by atoms with E-state index in [1.807, 2.05) is 31.2 Å². The molecule has 0 bridgehead atoms. The molecule has 2 rings (SSSR count). The number of aryl methyl sites for hydroxylation is 1. The molecule has 1 unspecified atom stereocenters. The lowest BCUT2D eigenvalue weighted by Crippen LogP contribution is -2.33. The SMILES string of the molecule is COC1CCN(C(=O)COc2ccccc2C)C1. The number of ether oxygens (including phenoxy) is 2. The zero-order valence-corrected chi connectivity index (χ0v) is 10.9. The van der Waals surface area contributed by atoms with Crippen LogP contribution in [0.3, 0.4) is 0 Å². The lowest BCUT2D eigenvalue weighted by Gasteiger charge is -2.17. The molecule has 0 radical (unpaired) electrons. The van der Waals surface area contributed by atoms with E-state index in [1.165, 1.54) is 0 Å². The molecule has 4 nitrogen and oxygen atoms in total. The maximum atomic E-state index is 11.9. The van der Waals surface area contributed by atoms with Crippen molar-refractivity contribution >= 4 is 5.91 Å². The van der Waals surface area contributed by atoms with Gasteiger partial charge in [-0.05, 0) is 25.0 Å². The normalized spacial score (nSPS) is 19.0. The maximum Gasteiger partial charge on any atom is 0.260 e. The Balaban J connectivity index is 1.84. The molecule has 1 amide bonds. The van der Waals surface area contributed by atoms with Crippen LogP contribution in [0.2, 0.25) is 0 Å². The summed E-state index contributed by atoms with van der Waals surface area (Å²) in [6.07, 6.45) is 1.08. The van der Waals surface area contributed by atoms with Gasteiger partial charge in [-0.1, -0.05) is 18.2 Å². The minimum absolute atomic E-state index is 0.0257. The number of likely N-dealkylation sites (tertiary alicyclic amines) is 1. The molecule has 1 heterocycles. The highest BCUT2D eigenvalue weighted by Gasteiger charge is 2.26. The highest BCUT2D eigenvalue weighted by molar-refractivity contribution is 5.78. The second kappa shape index (κ2) is 5.87. The number of nitrogens with zero attached hydrogens (tertiary/aromatic N) is 1. The maximum absolute atomic E-state index is 11.9. The van der Waals surface area contributed by atoms with E-state index in [1.54, 1.807) is 12.0 Å². The number of para-hydroxylation sites is 1. The zero-order chi connectivity index (χ0) is 13.0. The third-order valence-corrected chi connectivity index (χ3v) is 3.28. The summed E-state index contributed by atoms with van der Waals surface area (Å²) in [6, 6.07) is 7.71. The molecule has 1 saturated heterocycles. The summed E-state index contributed by atoms with van der Waals surface area (Å²) >= 11 is 0. The van der Waals surface area contributed by atoms with Gasteiger partial charge in [0.2, 0.25) is 0 Å². The van der Waals surface area contributed by atoms with Crippen molar-refractivity contribution in [3.63, 3.8) is 0 Å². The Morgan fingerprint density at radius 1 is 1.44 bits per heavy atom. The van der Waals surface area contributed by atoms with Gasteiger partial charge in [-0.3, -0.25) is 4.79 Å². The molecular weight excluding hydrogens is 230 g/mol. The predicted molar refractivity (Wildman–Crippen MR) is 68.7 cm³/mol. The summed E-state index contributed by atoms with van der Waals surface area (Å²) in [7, 11) is 1.68. The van der Waals surface area contributed by atoms with Crippen molar-refractivity contribution in [2.45, 2.75) is 19.4 Å². The Labute approximate surface area is 107 Å². The van der Waals surface area contributed by atoms with Crippen molar-refractivity contribution in [3.05, 3.63) is 29.8 Å². The summed E-state index contributed by atoms with van der Waals surface area (Å²) in [5, 5.41) is 0. The molecule has 1 fully saturated rings. The van der Waals surface area contributed by atoms with Crippen LogP contribution in [0.25, 0.3) is 0 Å². The van der Waals surface area contributed by atoms with Crippen molar-refractivity contribution in [2.75, 3.05) is 26.8 Å². The summed E-state index contributed by atoms with van der Waals surface area (Å²) in [5.74, 6) is 0.797. The topological polar surface area (TPSA) is 38.8 Å². The first-order valence-corrected chi connectivity index (χ1v) is 6.19. The second-order valence-electron chi connectivity index (χ2n) is 4.54. The first kappa shape index (κ1) is 12.9. The van der Waals surface area contributed by atoms with Crippen LogP contribution < -0.4 is 4.74 Å². The van der Waals surface area contributed by atoms with Crippen molar-refractivity contribution in [1.29, 1.82) is 0 Å². The number of carbonyl (C=O) groups excluding carboxylic acids is 1. The number of amides is 1. The van der Waals surface area contributed by atoms with Crippen molar-refractivity contribution < 1.29 is 14.3 Å². The van der Waals surface area contributed by atoms with E-state index >= 15 is 0 Å². The third-order valence-electron chi connectivity index (χ3n) is 3.28. The smallest absolute Gasteiger partial charge is 0.260 e. The molecule has 1 aliphatic rings. The van der Waals surface area contributed by atoms with Crippen LogP contribution in [0, 0.1) is 6.92 Å². The molecule has 1 aromatic rings. The molecule has 98 valence electrons. The van der Waals surface area contributed by atoms with Crippen molar-refractivity contribution in [1.82, 2.24) is 4.90 Å². The number of methoxy groups -OCH3 is 1. The van der Waals surface area contributed by atoms with Crippen molar-refractivity contribution in [2.24, 2.45) is 0 Å². The van der Waals surface area contributed by atoms with Crippen LogP contribution in [-0.4, -0.2) is 43.7 Å². The van der Waals surface area contributed by atoms with Gasteiger partial charge in [-0.2, -0.15) is 0 Å². The molecule has 0 spiro atoms. The van der Waals surface area contributed by atoms with Crippen LogP contribution in [0.5, 0.6) is 5.75 Å². The molecule has 1 aliphatic heterocycles. The van der Waals surface area contributed by atoms with Crippen LogP contribution in [-0.2, 0) is 9.53 Å². The minimum atomic E-state index is 0.0257. The van der Waals surface area contributed by atoms with Gasteiger partial charge in [0.15, 0.2) is 6.61 Å². The van der Waals surface area contributed by atoms with Gasteiger partial charge in [0.1, 0.15) is 5.75 Å². The zero-order valence-electron chi connectivity index (χ0n) is 10.9. The standard InChI is InChI=1S/C14H19NO3/c1-11-5-3-4-6-13(11)18-10-14(16)15-8-7-12(9-15)17-2/h3-6,12H,7-10H2,1-2H3. The van der Waals surface area contributed by atoms with E-state index in [-0.39, 0.29) is 18.6 Å². The Bertz CT molecular complexity index is 419. The van der Waals surface area contributed by atoms with Gasteiger partial charge in [0.05, 0.1) is 6.10 Å². The third kappa shape index (κ3) is 3.01. The fourth-order valence-corrected chi connectivity index (χ4v) is 2.10. The molecule has 0 N–H and O–H groups in total. The molecule has 4 heteroatoms. The number of benzene rings is 1. The molecular formula is C14H19NO3. The van der Waals surface area contributed by atoms with E-state index in [2.05, 4.69) is 0 Å². The molecule has 0 saturated carbocycles. The van der Waals surface area contributed by atoms with Crippen LogP contribution in [0.1, 0.15) is 12.0 Å². The monoisotopic (exact) mass is 249 g/mol. The first-order valence-electron chi connectivity index (χ1n) is 6.19. The predicted octanol–water partition coefficient (Wildman–Crippen LogP) is 1.62. The van der Waals surface area contributed by atoms with E-state index in [0.29, 0.717) is 6.54 Å². The Morgan fingerprint density at radius 2 is 2.22 bits per heavy atom. The number of hydrogen-bond acceptors (Lipinski definition) is 3. The Hall–Kier alpha value is -1.55. The molecule has 0 aromatic heterocycles. The molecule has 1 atom stereocenters. The van der Waals surface area contributed by atoms with Crippen LogP contribution >= 0.6 is 0 Å². The quantitative estimate of drug-likeness (QED) is 0.814. The average Bonchev–Trinajstić information content (AvgIpc) is 2.86. The van der Waals surface area contributed by atoms with E-state index in [9.17, 15) is 4.79 Å². The number of rotatable bonds is 4. The number of carbonyl (C=O) groups is 1. The summed E-state index contributed by atoms with van der Waals surface area (Å²) in [4.78, 5) is 13.7. The molecule has 18 heavy (non-hydrogen) atoms. The largest absolute Gasteiger partial charge is 0.484 e. The van der Waals surface area contributed by atoms with Gasteiger partial charge in [-0.15, -0.1) is 0 Å².